The second kappa shape index (κ2) is 27.7. The Bertz CT molecular complexity index is 3110. The molecule has 0 radical (unpaired) electrons. The predicted octanol–water partition coefficient (Wildman–Crippen LogP) is 9.17. The number of ether oxygens (including phenoxy) is 7. The fourth-order valence-corrected chi connectivity index (χ4v) is 12.2. The number of ketones is 1. The van der Waals surface area contributed by atoms with Gasteiger partial charge in [0.25, 0.3) is 5.91 Å². The second-order valence-electron chi connectivity index (χ2n) is 25.9. The number of amides is 1. The summed E-state index contributed by atoms with van der Waals surface area (Å²) in [6.45, 7) is 23.9. The van der Waals surface area contributed by atoms with Gasteiger partial charge in [0.1, 0.15) is 30.0 Å². The zero-order valence-corrected chi connectivity index (χ0v) is 53.3. The Labute approximate surface area is 514 Å². The van der Waals surface area contributed by atoms with Gasteiger partial charge in [0.2, 0.25) is 6.10 Å². The van der Waals surface area contributed by atoms with E-state index in [1.165, 1.54) is 100 Å². The van der Waals surface area contributed by atoms with Crippen LogP contribution in [0.15, 0.2) is 102 Å². The van der Waals surface area contributed by atoms with E-state index in [9.17, 15) is 53.7 Å². The summed E-state index contributed by atoms with van der Waals surface area (Å²) in [6, 6.07) is 22.3. The van der Waals surface area contributed by atoms with Crippen molar-refractivity contribution in [1.29, 1.82) is 0 Å². The van der Waals surface area contributed by atoms with Gasteiger partial charge in [-0.05, 0) is 137 Å². The van der Waals surface area contributed by atoms with Crippen LogP contribution in [0, 0.1) is 38.4 Å². The molecule has 1 amide bonds. The molecular formula is C67H87NO20. The van der Waals surface area contributed by atoms with Gasteiger partial charge in [0.05, 0.1) is 45.3 Å². The number of rotatable bonds is 21. The van der Waals surface area contributed by atoms with Crippen LogP contribution < -0.4 is 5.32 Å². The zero-order chi connectivity index (χ0) is 66.3. The molecule has 0 saturated heterocycles. The number of hydrogen-bond acceptors (Lipinski definition) is 18. The van der Waals surface area contributed by atoms with Crippen LogP contribution in [0.5, 0.6) is 0 Å². The van der Waals surface area contributed by atoms with Gasteiger partial charge < -0.3 is 53.8 Å². The molecule has 10 atom stereocenters. The molecule has 21 nitrogen and oxygen atoms in total. The van der Waals surface area contributed by atoms with Crippen molar-refractivity contribution in [2.45, 2.75) is 185 Å². The van der Waals surface area contributed by atoms with Crippen LogP contribution in [0.1, 0.15) is 169 Å². The van der Waals surface area contributed by atoms with E-state index in [0.29, 0.717) is 6.61 Å². The van der Waals surface area contributed by atoms with Crippen molar-refractivity contribution in [3.63, 3.8) is 0 Å². The molecular weight excluding hydrogens is 1140 g/mol. The SMILES string of the molecule is CCOC(C)=O.CCOC1CC(OC(=O)C(C)(C)CC(C)(C)C(=O)O)[C@@]2(C)C(=O)C(OC(C)=O)C3=C(C)[C@@H](OC(=O)[C@H](OC(=O)C(C)(C)C(C)(C)C(=O)O)[C@@H](NC(=O)c4ccccc4)c4ccccc4)CC(O)([C@@H](OC(=O)c4ccccc4)C2C1)C3(C)C. The first kappa shape index (κ1) is 71.0. The largest absolute Gasteiger partial charge is 0.481 e. The summed E-state index contributed by atoms with van der Waals surface area (Å²) in [7, 11) is 0. The molecule has 0 aromatic heterocycles. The molecule has 3 aliphatic rings. The summed E-state index contributed by atoms with van der Waals surface area (Å²) < 4.78 is 42.4. The first-order valence-electron chi connectivity index (χ1n) is 29.4. The summed E-state index contributed by atoms with van der Waals surface area (Å²) in [5.41, 5.74) is -12.3. The fourth-order valence-electron chi connectivity index (χ4n) is 12.2. The number of aliphatic carboxylic acids is 2. The highest BCUT2D eigenvalue weighted by atomic mass is 16.6. The topological polar surface area (TPSA) is 308 Å². The number of benzene rings is 3. The number of nitrogens with one attached hydrogen (secondary N) is 1. The Morgan fingerprint density at radius 2 is 1.20 bits per heavy atom. The molecule has 4 N–H and O–H groups in total. The van der Waals surface area contributed by atoms with Gasteiger partial charge in [-0.3, -0.25) is 38.4 Å². The number of hydrogen-bond donors (Lipinski definition) is 4. The third kappa shape index (κ3) is 14.9. The highest BCUT2D eigenvalue weighted by Gasteiger charge is 2.71. The van der Waals surface area contributed by atoms with Crippen molar-refractivity contribution < 1.29 is 96.4 Å². The summed E-state index contributed by atoms with van der Waals surface area (Å²) in [5, 5.41) is 37.4. The van der Waals surface area contributed by atoms with Crippen molar-refractivity contribution in [2.75, 3.05) is 13.2 Å². The van der Waals surface area contributed by atoms with E-state index in [0.717, 1.165) is 6.92 Å². The van der Waals surface area contributed by atoms with Crippen LogP contribution >= 0.6 is 0 Å². The van der Waals surface area contributed by atoms with Gasteiger partial charge in [-0.1, -0.05) is 80.6 Å². The van der Waals surface area contributed by atoms with Gasteiger partial charge in [0.15, 0.2) is 11.9 Å². The van der Waals surface area contributed by atoms with Crippen LogP contribution in [0.2, 0.25) is 0 Å². The molecule has 480 valence electrons. The minimum absolute atomic E-state index is 0.0496. The molecule has 2 fully saturated rings. The molecule has 2 bridgehead atoms. The number of fused-ring (bicyclic) bond motifs is 3. The summed E-state index contributed by atoms with van der Waals surface area (Å²) in [4.78, 5) is 138. The molecule has 6 rings (SSSR count). The van der Waals surface area contributed by atoms with E-state index < -0.39 is 147 Å². The molecule has 88 heavy (non-hydrogen) atoms. The van der Waals surface area contributed by atoms with Crippen LogP contribution in [0.25, 0.3) is 0 Å². The predicted molar refractivity (Wildman–Crippen MR) is 319 cm³/mol. The van der Waals surface area contributed by atoms with Gasteiger partial charge >= 0.3 is 47.8 Å². The van der Waals surface area contributed by atoms with Crippen LogP contribution in [0.4, 0.5) is 0 Å². The Balaban J connectivity index is 0.00000223. The summed E-state index contributed by atoms with van der Waals surface area (Å²) in [6.07, 6.45) is -10.8. The maximum Gasteiger partial charge on any atom is 0.350 e. The number of carboxylic acid groups (broad SMARTS) is 2. The van der Waals surface area contributed by atoms with Crippen molar-refractivity contribution in [3.8, 4) is 0 Å². The average molecular weight is 1230 g/mol. The first-order chi connectivity index (χ1) is 40.8. The highest BCUT2D eigenvalue weighted by molar-refractivity contribution is 5.97. The molecule has 0 aliphatic heterocycles. The number of carbonyl (C=O) groups excluding carboxylic acids is 8. The molecule has 3 aromatic rings. The minimum atomic E-state index is -2.45. The van der Waals surface area contributed by atoms with E-state index in [2.05, 4.69) is 10.1 Å². The normalized spacial score (nSPS) is 24.1. The van der Waals surface area contributed by atoms with Crippen molar-refractivity contribution in [2.24, 2.45) is 38.4 Å². The number of aliphatic hydroxyl groups is 1. The summed E-state index contributed by atoms with van der Waals surface area (Å²) >= 11 is 0. The smallest absolute Gasteiger partial charge is 0.350 e. The van der Waals surface area contributed by atoms with Crippen LogP contribution in [-0.4, -0.2) is 130 Å². The molecule has 3 aliphatic carbocycles. The van der Waals surface area contributed by atoms with Crippen molar-refractivity contribution in [3.05, 3.63) is 119 Å². The van der Waals surface area contributed by atoms with Crippen LogP contribution in [-0.2, 0) is 71.5 Å². The lowest BCUT2D eigenvalue weighted by Gasteiger charge is -2.61. The molecule has 5 unspecified atom stereocenters. The summed E-state index contributed by atoms with van der Waals surface area (Å²) in [5.74, 6) is -10.9. The quantitative estimate of drug-likeness (QED) is 0.0439. The Kier molecular flexibility index (Phi) is 22.4. The van der Waals surface area contributed by atoms with Gasteiger partial charge in [-0.15, -0.1) is 0 Å². The second-order valence-corrected chi connectivity index (χ2v) is 25.9. The molecule has 3 aromatic carbocycles. The maximum atomic E-state index is 16.3. The average Bonchev–Trinajstić information content (AvgIpc) is 0.700. The van der Waals surface area contributed by atoms with E-state index in [1.54, 1.807) is 94.4 Å². The number of carboxylic acids is 2. The van der Waals surface area contributed by atoms with E-state index in [-0.39, 0.29) is 59.7 Å². The number of esters is 6. The lowest BCUT2D eigenvalue weighted by atomic mass is 9.48. The minimum Gasteiger partial charge on any atom is -0.481 e. The monoisotopic (exact) mass is 1230 g/mol. The molecule has 0 heterocycles. The first-order valence-corrected chi connectivity index (χ1v) is 29.4. The fraction of sp³-hybridized carbons (Fsp3) is 0.552. The van der Waals surface area contributed by atoms with Gasteiger partial charge in [-0.2, -0.15) is 0 Å². The lowest BCUT2D eigenvalue weighted by molar-refractivity contribution is -0.236. The molecule has 0 spiro atoms. The molecule has 2 saturated carbocycles. The van der Waals surface area contributed by atoms with E-state index in [1.807, 2.05) is 0 Å². The number of Topliss-reactive ketones (excluding diaryl/α,β-unsaturated/α-hetero) is 1. The van der Waals surface area contributed by atoms with Crippen molar-refractivity contribution >= 4 is 59.4 Å². The number of carbonyl (C=O) groups is 10. The Hall–Kier alpha value is -7.78. The lowest BCUT2D eigenvalue weighted by Crippen LogP contribution is -2.72. The zero-order valence-electron chi connectivity index (χ0n) is 53.3. The van der Waals surface area contributed by atoms with E-state index in [4.69, 9.17) is 28.4 Å². The van der Waals surface area contributed by atoms with Crippen LogP contribution in [0.3, 0.4) is 0 Å². The van der Waals surface area contributed by atoms with E-state index >= 15 is 9.59 Å². The van der Waals surface area contributed by atoms with Crippen molar-refractivity contribution in [1.82, 2.24) is 5.32 Å². The molecule has 21 heteroatoms. The Morgan fingerprint density at radius 1 is 0.659 bits per heavy atom. The highest BCUT2D eigenvalue weighted by Crippen LogP contribution is 2.61. The maximum absolute atomic E-state index is 16.3. The third-order valence-electron chi connectivity index (χ3n) is 18.1. The van der Waals surface area contributed by atoms with Gasteiger partial charge in [0, 0.05) is 50.2 Å². The standard InChI is InChI=1S/C63H79NO18.C4H8O2/c1-15-77-40-31-41-49(82-51(68)39-29-23-18-24-30-39)63(76)33-42(35(2)44(59(63,8)9)46(78-36(3)65)48(66)62(41,14)43(32-40)80-55(74)58(6,7)34-57(4,5)53(70)71)79-52(69)47(81-56(75)61(12,13)60(10,11)54(72)73)45(37-25-19-16-20-26-37)64-50(67)38-27-21-17-22-28-38;1-3-6-4(2)5/h16-30,40-43,45-47,49,76H,15,31-34H2,1-14H3,(H,64,67)(H,70,71)(H,72,73);3H2,1-2H3/t40?,41?,42-,43?,45-,46?,47+,49-,62-,63?;/m0./s1. The third-order valence-corrected chi connectivity index (χ3v) is 18.1. The van der Waals surface area contributed by atoms with Gasteiger partial charge in [-0.25, -0.2) is 9.59 Å². The Morgan fingerprint density at radius 3 is 1.69 bits per heavy atom.